The second-order valence-electron chi connectivity index (χ2n) is 3.89. The van der Waals surface area contributed by atoms with Gasteiger partial charge in [0.2, 0.25) is 0 Å². The average molecular weight is 331 g/mol. The van der Waals surface area contributed by atoms with Gasteiger partial charge in [0, 0.05) is 10.9 Å². The average Bonchev–Trinajstić information content (AvgIpc) is 2.36. The summed E-state index contributed by atoms with van der Waals surface area (Å²) in [6, 6.07) is 4.87. The van der Waals surface area contributed by atoms with Crippen molar-refractivity contribution >= 4 is 27.9 Å². The molecule has 0 bridgehead atoms. The quantitative estimate of drug-likeness (QED) is 0.780. The van der Waals surface area contributed by atoms with Crippen LogP contribution in [0.2, 0.25) is 0 Å². The Morgan fingerprint density at radius 1 is 1.42 bits per heavy atom. The number of esters is 1. The number of halogens is 1. The second-order valence-corrected chi connectivity index (χ2v) is 4.80. The number of benzene rings is 1. The molecule has 104 valence electrons. The number of ether oxygens (including phenoxy) is 1. The number of aliphatic hydroxyl groups is 1. The standard InChI is InChI=1S/C13H15BrO5/c1-2-19-11(15)6-3-8-7-9(14)4-5-10(8)12(16)13(17)18/h4-5,7,12,16H,2-3,6H2,1H3,(H,17,18). The lowest BCUT2D eigenvalue weighted by molar-refractivity contribution is -0.147. The van der Waals surface area contributed by atoms with Crippen molar-refractivity contribution in [2.24, 2.45) is 0 Å². The molecule has 0 aliphatic carbocycles. The lowest BCUT2D eigenvalue weighted by atomic mass is 9.99. The summed E-state index contributed by atoms with van der Waals surface area (Å²) in [5.41, 5.74) is 0.900. The fourth-order valence-corrected chi connectivity index (χ4v) is 2.07. The molecule has 19 heavy (non-hydrogen) atoms. The van der Waals surface area contributed by atoms with E-state index in [4.69, 9.17) is 9.84 Å². The Morgan fingerprint density at radius 3 is 2.68 bits per heavy atom. The molecule has 1 aromatic rings. The van der Waals surface area contributed by atoms with Crippen LogP contribution in [0.1, 0.15) is 30.6 Å². The predicted octanol–water partition coefficient (Wildman–Crippen LogP) is 2.06. The van der Waals surface area contributed by atoms with E-state index >= 15 is 0 Å². The normalized spacial score (nSPS) is 11.9. The van der Waals surface area contributed by atoms with Gasteiger partial charge in [-0.15, -0.1) is 0 Å². The van der Waals surface area contributed by atoms with E-state index in [9.17, 15) is 14.7 Å². The van der Waals surface area contributed by atoms with Crippen molar-refractivity contribution in [1.82, 2.24) is 0 Å². The third-order valence-corrected chi connectivity index (χ3v) is 3.03. The Kier molecular flexibility index (Phi) is 5.98. The lowest BCUT2D eigenvalue weighted by Gasteiger charge is -2.12. The van der Waals surface area contributed by atoms with Crippen LogP contribution >= 0.6 is 15.9 Å². The number of rotatable bonds is 6. The Morgan fingerprint density at radius 2 is 2.11 bits per heavy atom. The Hall–Kier alpha value is -1.40. The Balaban J connectivity index is 2.88. The second kappa shape index (κ2) is 7.25. The minimum atomic E-state index is -1.59. The van der Waals surface area contributed by atoms with Gasteiger partial charge in [0.05, 0.1) is 6.61 Å². The molecule has 1 aromatic carbocycles. The largest absolute Gasteiger partial charge is 0.479 e. The summed E-state index contributed by atoms with van der Waals surface area (Å²) >= 11 is 3.28. The number of aliphatic hydroxyl groups excluding tert-OH is 1. The van der Waals surface area contributed by atoms with Crippen molar-refractivity contribution in [3.63, 3.8) is 0 Å². The van der Waals surface area contributed by atoms with E-state index in [1.54, 1.807) is 19.1 Å². The van der Waals surface area contributed by atoms with Crippen LogP contribution in [-0.4, -0.2) is 28.8 Å². The zero-order valence-electron chi connectivity index (χ0n) is 10.4. The van der Waals surface area contributed by atoms with Gasteiger partial charge in [-0.25, -0.2) is 4.79 Å². The number of carboxylic acid groups (broad SMARTS) is 1. The maximum Gasteiger partial charge on any atom is 0.337 e. The maximum absolute atomic E-state index is 11.3. The van der Waals surface area contributed by atoms with E-state index in [2.05, 4.69) is 15.9 Å². The van der Waals surface area contributed by atoms with Crippen molar-refractivity contribution in [2.45, 2.75) is 25.9 Å². The molecule has 0 radical (unpaired) electrons. The molecule has 1 unspecified atom stereocenters. The third-order valence-electron chi connectivity index (χ3n) is 2.54. The summed E-state index contributed by atoms with van der Waals surface area (Å²) in [5, 5.41) is 18.4. The van der Waals surface area contributed by atoms with Crippen LogP contribution < -0.4 is 0 Å². The lowest BCUT2D eigenvalue weighted by Crippen LogP contribution is -2.14. The van der Waals surface area contributed by atoms with Gasteiger partial charge in [-0.05, 0) is 36.6 Å². The van der Waals surface area contributed by atoms with Crippen LogP contribution in [0.4, 0.5) is 0 Å². The van der Waals surface area contributed by atoms with Gasteiger partial charge in [0.25, 0.3) is 0 Å². The molecular formula is C13H15BrO5. The summed E-state index contributed by atoms with van der Waals surface area (Å²) in [7, 11) is 0. The van der Waals surface area contributed by atoms with Crippen molar-refractivity contribution in [1.29, 1.82) is 0 Å². The number of hydrogen-bond acceptors (Lipinski definition) is 4. The first kappa shape index (κ1) is 15.7. The van der Waals surface area contributed by atoms with Gasteiger partial charge in [0.1, 0.15) is 0 Å². The van der Waals surface area contributed by atoms with Gasteiger partial charge < -0.3 is 14.9 Å². The topological polar surface area (TPSA) is 83.8 Å². The van der Waals surface area contributed by atoms with E-state index < -0.39 is 12.1 Å². The first-order valence-electron chi connectivity index (χ1n) is 5.80. The monoisotopic (exact) mass is 330 g/mol. The molecular weight excluding hydrogens is 316 g/mol. The highest BCUT2D eigenvalue weighted by atomic mass is 79.9. The first-order chi connectivity index (χ1) is 8.95. The molecule has 5 nitrogen and oxygen atoms in total. The molecule has 0 aliphatic rings. The minimum Gasteiger partial charge on any atom is -0.479 e. The fourth-order valence-electron chi connectivity index (χ4n) is 1.66. The van der Waals surface area contributed by atoms with Gasteiger partial charge in [0.15, 0.2) is 6.10 Å². The number of carbonyl (C=O) groups excluding carboxylic acids is 1. The summed E-state index contributed by atoms with van der Waals surface area (Å²) in [5.74, 6) is -1.67. The molecule has 0 aromatic heterocycles. The summed E-state index contributed by atoms with van der Waals surface area (Å²) in [4.78, 5) is 22.1. The molecule has 6 heteroatoms. The predicted molar refractivity (Wildman–Crippen MR) is 71.7 cm³/mol. The fraction of sp³-hybridized carbons (Fsp3) is 0.385. The minimum absolute atomic E-state index is 0.142. The maximum atomic E-state index is 11.3. The number of carbonyl (C=O) groups is 2. The van der Waals surface area contributed by atoms with E-state index in [0.29, 0.717) is 24.2 Å². The van der Waals surface area contributed by atoms with Gasteiger partial charge >= 0.3 is 11.9 Å². The Bertz CT molecular complexity index is 472. The molecule has 0 spiro atoms. The van der Waals surface area contributed by atoms with Crippen molar-refractivity contribution < 1.29 is 24.5 Å². The summed E-state index contributed by atoms with van der Waals surface area (Å²) in [6.07, 6.45) is -1.13. The van der Waals surface area contributed by atoms with Gasteiger partial charge in [-0.2, -0.15) is 0 Å². The van der Waals surface area contributed by atoms with Gasteiger partial charge in [-0.3, -0.25) is 4.79 Å². The molecule has 2 N–H and O–H groups in total. The number of carboxylic acids is 1. The Labute approximate surface area is 119 Å². The molecule has 0 heterocycles. The van der Waals surface area contributed by atoms with Crippen LogP contribution in [0.15, 0.2) is 22.7 Å². The summed E-state index contributed by atoms with van der Waals surface area (Å²) in [6.45, 7) is 2.03. The summed E-state index contributed by atoms with van der Waals surface area (Å²) < 4.78 is 5.57. The molecule has 1 atom stereocenters. The molecule has 0 aliphatic heterocycles. The van der Waals surface area contributed by atoms with Crippen molar-refractivity contribution in [3.8, 4) is 0 Å². The molecule has 0 amide bonds. The third kappa shape index (κ3) is 4.65. The highest BCUT2D eigenvalue weighted by Gasteiger charge is 2.20. The number of aliphatic carboxylic acids is 1. The van der Waals surface area contributed by atoms with E-state index in [1.165, 1.54) is 6.07 Å². The highest BCUT2D eigenvalue weighted by Crippen LogP contribution is 2.24. The van der Waals surface area contributed by atoms with Crippen molar-refractivity contribution in [2.75, 3.05) is 6.61 Å². The van der Waals surface area contributed by atoms with Crippen LogP contribution in [0.3, 0.4) is 0 Å². The SMILES string of the molecule is CCOC(=O)CCc1cc(Br)ccc1C(O)C(=O)O. The zero-order valence-corrected chi connectivity index (χ0v) is 12.0. The molecule has 0 saturated heterocycles. The van der Waals surface area contributed by atoms with Crippen LogP contribution in [0.5, 0.6) is 0 Å². The number of aryl methyl sites for hydroxylation is 1. The zero-order chi connectivity index (χ0) is 14.4. The van der Waals surface area contributed by atoms with Gasteiger partial charge in [-0.1, -0.05) is 22.0 Å². The molecule has 0 saturated carbocycles. The molecule has 1 rings (SSSR count). The van der Waals surface area contributed by atoms with Crippen LogP contribution in [-0.2, 0) is 20.7 Å². The van der Waals surface area contributed by atoms with Crippen LogP contribution in [0, 0.1) is 0 Å². The van der Waals surface area contributed by atoms with E-state index in [1.807, 2.05) is 0 Å². The first-order valence-corrected chi connectivity index (χ1v) is 6.59. The van der Waals surface area contributed by atoms with Crippen LogP contribution in [0.25, 0.3) is 0 Å². The van der Waals surface area contributed by atoms with E-state index in [0.717, 1.165) is 4.47 Å². The van der Waals surface area contributed by atoms with Crippen molar-refractivity contribution in [3.05, 3.63) is 33.8 Å². The number of hydrogen-bond donors (Lipinski definition) is 2. The highest BCUT2D eigenvalue weighted by molar-refractivity contribution is 9.10. The van der Waals surface area contributed by atoms with E-state index in [-0.39, 0.29) is 12.4 Å². The molecule has 0 fully saturated rings. The smallest absolute Gasteiger partial charge is 0.337 e.